The maximum Gasteiger partial charge on any atom is 0.141 e. The van der Waals surface area contributed by atoms with Gasteiger partial charge in [0.25, 0.3) is 0 Å². The maximum absolute atomic E-state index is 5.71. The molecule has 0 aromatic carbocycles. The Morgan fingerprint density at radius 1 is 0.382 bits per heavy atom. The summed E-state index contributed by atoms with van der Waals surface area (Å²) in [4.78, 5) is 6.85. The number of hydrogen-bond donors (Lipinski definition) is 0. The molecule has 1 aliphatic rings. The first-order valence-corrected chi connectivity index (χ1v) is 20.6. The number of nitrogens with zero attached hydrogens (tertiary/aromatic N) is 3. The summed E-state index contributed by atoms with van der Waals surface area (Å²) in [5.74, 6) is 0. The Morgan fingerprint density at radius 2 is 0.673 bits per heavy atom. The normalized spacial score (nSPS) is 12.0. The predicted molar refractivity (Wildman–Crippen MR) is 211 cm³/mol. The second-order valence-electron chi connectivity index (χ2n) is 12.6. The van der Waals surface area contributed by atoms with E-state index in [2.05, 4.69) is 61.5 Å². The van der Waals surface area contributed by atoms with E-state index < -0.39 is 0 Å². The van der Waals surface area contributed by atoms with Crippen LogP contribution in [0.15, 0.2) is 12.4 Å². The molecule has 55 heavy (non-hydrogen) atoms. The minimum Gasteiger partial charge on any atom is -1.00 e. The van der Waals surface area contributed by atoms with Crippen LogP contribution in [0.1, 0.15) is 91.9 Å². The van der Waals surface area contributed by atoms with Gasteiger partial charge >= 0.3 is 0 Å². The molecule has 337 valence electrons. The zero-order chi connectivity index (χ0) is 37.8. The van der Waals surface area contributed by atoms with Crippen molar-refractivity contribution in [1.29, 1.82) is 0 Å². The third-order valence-corrected chi connectivity index (χ3v) is 8.39. The summed E-state index contributed by atoms with van der Waals surface area (Å²) >= 11 is 0. The molecular weight excluding hydrogens is 933 g/mol. The Hall–Kier alpha value is 0.562. The fourth-order valence-electron chi connectivity index (χ4n) is 5.11. The molecule has 12 nitrogen and oxygen atoms in total. The smallest absolute Gasteiger partial charge is 0.141 e. The number of unbranched alkanes of at least 4 members (excludes halogenated alkanes) is 9. The molecule has 0 aliphatic carbocycles. The first-order chi connectivity index (χ1) is 25.7. The molecule has 0 fully saturated rings. The van der Waals surface area contributed by atoms with E-state index in [1.54, 1.807) is 7.11 Å². The largest absolute Gasteiger partial charge is 1.00 e. The Bertz CT molecular complexity index is 707. The second kappa shape index (κ2) is 54.6. The van der Waals surface area contributed by atoms with Crippen molar-refractivity contribution in [2.45, 2.75) is 91.9 Å². The van der Waals surface area contributed by atoms with Crippen LogP contribution in [0.5, 0.6) is 0 Å². The Labute approximate surface area is 372 Å². The van der Waals surface area contributed by atoms with Gasteiger partial charge in [-0.15, -0.1) is 0 Å². The van der Waals surface area contributed by atoms with Crippen molar-refractivity contribution in [3.63, 3.8) is 0 Å². The van der Waals surface area contributed by atoms with Gasteiger partial charge in [0.1, 0.15) is 6.67 Å². The van der Waals surface area contributed by atoms with E-state index >= 15 is 0 Å². The average molecular weight is 1020 g/mol. The van der Waals surface area contributed by atoms with Gasteiger partial charge in [0.15, 0.2) is 0 Å². The van der Waals surface area contributed by atoms with Crippen LogP contribution < -0.4 is 34.0 Å². The quantitative estimate of drug-likeness (QED) is 0.0622. The molecule has 15 heteroatoms. The van der Waals surface area contributed by atoms with Crippen molar-refractivity contribution >= 4 is 0 Å². The molecule has 1 radical (unpaired) electrons. The molecular formula is C40H82Br2N3O9Pd-2. The maximum atomic E-state index is 5.71. The van der Waals surface area contributed by atoms with E-state index in [-0.39, 0.29) is 54.4 Å². The van der Waals surface area contributed by atoms with Gasteiger partial charge in [0, 0.05) is 53.0 Å². The van der Waals surface area contributed by atoms with E-state index in [1.807, 2.05) is 0 Å². The van der Waals surface area contributed by atoms with E-state index in [0.29, 0.717) is 112 Å². The van der Waals surface area contributed by atoms with Crippen molar-refractivity contribution in [2.75, 3.05) is 152 Å². The van der Waals surface area contributed by atoms with Crippen LogP contribution in [0.2, 0.25) is 0 Å². The van der Waals surface area contributed by atoms with Gasteiger partial charge in [-0.25, -0.2) is 0 Å². The molecule has 0 aromatic rings. The molecule has 0 aromatic heterocycles. The average Bonchev–Trinajstić information content (AvgIpc) is 3.62. The van der Waals surface area contributed by atoms with Crippen molar-refractivity contribution in [1.82, 2.24) is 14.7 Å². The fraction of sp³-hybridized carbons (Fsp3) is 0.925. The van der Waals surface area contributed by atoms with E-state index in [9.17, 15) is 0 Å². The van der Waals surface area contributed by atoms with Gasteiger partial charge < -0.3 is 91.3 Å². The van der Waals surface area contributed by atoms with Crippen LogP contribution in [-0.4, -0.2) is 167 Å². The van der Waals surface area contributed by atoms with Crippen molar-refractivity contribution < 1.29 is 97.0 Å². The summed E-state index contributed by atoms with van der Waals surface area (Å²) in [7, 11) is 1.65. The van der Waals surface area contributed by atoms with Gasteiger partial charge in [-0.05, 0) is 26.1 Å². The second-order valence-corrected chi connectivity index (χ2v) is 12.6. The summed E-state index contributed by atoms with van der Waals surface area (Å²) < 4.78 is 48.9. The van der Waals surface area contributed by atoms with Crippen LogP contribution >= 0.6 is 0 Å². The van der Waals surface area contributed by atoms with E-state index in [4.69, 9.17) is 42.6 Å². The molecule has 1 rings (SSSR count). The summed E-state index contributed by atoms with van der Waals surface area (Å²) in [5, 5.41) is 0. The molecule has 1 aliphatic heterocycles. The van der Waals surface area contributed by atoms with Crippen LogP contribution in [0.25, 0.3) is 0 Å². The van der Waals surface area contributed by atoms with Crippen LogP contribution in [-0.2, 0) is 63.1 Å². The molecule has 0 unspecified atom stereocenters. The number of hydrogen-bond acceptors (Lipinski definition) is 12. The van der Waals surface area contributed by atoms with Crippen molar-refractivity contribution in [2.24, 2.45) is 0 Å². The molecule has 0 N–H and O–H groups in total. The Kier molecular flexibility index (Phi) is 61.7. The molecule has 0 saturated heterocycles. The number of methoxy groups -OCH3 is 1. The Balaban J connectivity index is -0.00000118. The summed E-state index contributed by atoms with van der Waals surface area (Å²) in [5.41, 5.74) is 0. The molecule has 0 spiro atoms. The minimum atomic E-state index is 0. The number of rotatable bonds is 41. The fourth-order valence-corrected chi connectivity index (χ4v) is 5.11. The van der Waals surface area contributed by atoms with Gasteiger partial charge in [0.2, 0.25) is 0 Å². The topological polar surface area (TPSA) is 92.8 Å². The summed E-state index contributed by atoms with van der Waals surface area (Å²) in [6.07, 6.45) is 18.0. The minimum absolute atomic E-state index is 0. The predicted octanol–water partition coefficient (Wildman–Crippen LogP) is 0.248. The van der Waals surface area contributed by atoms with E-state index in [0.717, 1.165) is 13.1 Å². The standard InChI is InChI=1S/C34H67N2O9.C6H15N.2BrH.Pd/c1-3-4-5-6-7-8-9-10-11-12-13-35-14-15-36(34-35)16-17-38-20-21-40-24-25-42-28-29-44-32-33-45-31-30-43-27-26-41-23-22-39-19-18-37-2;1-4-7(5-2)6-3;;;/h14-15,34H,3-13,16-33H2,1-2H3;4-6H2,1-3H3;2*1H;/p-2. The van der Waals surface area contributed by atoms with Crippen molar-refractivity contribution in [3.05, 3.63) is 19.1 Å². The monoisotopic (exact) mass is 1010 g/mol. The first-order valence-electron chi connectivity index (χ1n) is 20.6. The van der Waals surface area contributed by atoms with Gasteiger partial charge in [-0.1, -0.05) is 85.5 Å². The molecule has 0 bridgehead atoms. The molecule has 0 saturated carbocycles. The van der Waals surface area contributed by atoms with Crippen LogP contribution in [0.3, 0.4) is 0 Å². The van der Waals surface area contributed by atoms with Crippen molar-refractivity contribution in [3.8, 4) is 0 Å². The Morgan fingerprint density at radius 3 is 0.982 bits per heavy atom. The molecule has 1 heterocycles. The first kappa shape index (κ1) is 62.2. The van der Waals surface area contributed by atoms with E-state index in [1.165, 1.54) is 83.8 Å². The van der Waals surface area contributed by atoms with Crippen LogP contribution in [0.4, 0.5) is 0 Å². The number of halogens is 2. The van der Waals surface area contributed by atoms with Gasteiger partial charge in [0.05, 0.1) is 112 Å². The van der Waals surface area contributed by atoms with Gasteiger partial charge in [-0.3, -0.25) is 0 Å². The third kappa shape index (κ3) is 48.8. The van der Waals surface area contributed by atoms with Gasteiger partial charge in [-0.2, -0.15) is 0 Å². The molecule has 0 amide bonds. The molecule has 0 atom stereocenters. The third-order valence-electron chi connectivity index (χ3n) is 8.39. The zero-order valence-electron chi connectivity index (χ0n) is 35.4. The summed E-state index contributed by atoms with van der Waals surface area (Å²) in [6.45, 7) is 26.1. The van der Waals surface area contributed by atoms with Crippen LogP contribution in [0, 0.1) is 6.67 Å². The number of ether oxygens (including phenoxy) is 9. The SMILES string of the molecule is CCCCCCCCCCCCN1[CH]N(CCOCCOCCOCCOCCOCCOCCOCCOCCOC)C=C1.CCN(CC)CC.[Br-].[Br-].[Pd]. The zero-order valence-corrected chi connectivity index (χ0v) is 40.2. The summed E-state index contributed by atoms with van der Waals surface area (Å²) in [6, 6.07) is 0.